The number of fused-ring (bicyclic) bond motifs is 1. The number of benzene rings is 1. The van der Waals surface area contributed by atoms with Gasteiger partial charge in [-0.25, -0.2) is 18.6 Å². The number of hydrogen-bond donors (Lipinski definition) is 1. The Morgan fingerprint density at radius 2 is 1.75 bits per heavy atom. The van der Waals surface area contributed by atoms with Crippen LogP contribution < -0.4 is 11.0 Å². The lowest BCUT2D eigenvalue weighted by Crippen LogP contribution is -2.34. The quantitative estimate of drug-likeness (QED) is 0.0800. The Morgan fingerprint density at radius 3 is 2.46 bits per heavy atom. The van der Waals surface area contributed by atoms with Gasteiger partial charge in [-0.1, -0.05) is 18.2 Å². The SMILES string of the molecule is CN(CCCOCCCc1cccc2c1n(C)c(=O)n2C1CCC(=O)CC1=O)CC1CCC(n2cc(NC(=O)c3cccc(C(F)(F)F)n3)c(C(F)F)n2)CC1. The van der Waals surface area contributed by atoms with E-state index in [0.717, 1.165) is 68.1 Å². The van der Waals surface area contributed by atoms with E-state index in [1.165, 1.54) is 10.9 Å². The summed E-state index contributed by atoms with van der Waals surface area (Å²) in [7, 11) is 3.76. The number of alkyl halides is 5. The van der Waals surface area contributed by atoms with Gasteiger partial charge in [-0.3, -0.25) is 28.2 Å². The van der Waals surface area contributed by atoms with Gasteiger partial charge in [0.05, 0.1) is 35.2 Å². The van der Waals surface area contributed by atoms with Crippen LogP contribution in [0.5, 0.6) is 0 Å². The van der Waals surface area contributed by atoms with Crippen LogP contribution in [0, 0.1) is 5.92 Å². The van der Waals surface area contributed by atoms with Gasteiger partial charge in [0.1, 0.15) is 17.2 Å². The topological polar surface area (TPSA) is 133 Å². The Kier molecular flexibility index (Phi) is 12.8. The molecule has 1 amide bonds. The predicted octanol–water partition coefficient (Wildman–Crippen LogP) is 6.71. The molecule has 302 valence electrons. The fourth-order valence-electron chi connectivity index (χ4n) is 7.94. The predicted molar refractivity (Wildman–Crippen MR) is 197 cm³/mol. The summed E-state index contributed by atoms with van der Waals surface area (Å²) in [6, 6.07) is 7.77. The molecule has 0 saturated heterocycles. The molecule has 0 spiro atoms. The highest BCUT2D eigenvalue weighted by Gasteiger charge is 2.34. The van der Waals surface area contributed by atoms with Crippen molar-refractivity contribution in [3.63, 3.8) is 0 Å². The van der Waals surface area contributed by atoms with E-state index in [4.69, 9.17) is 4.74 Å². The summed E-state index contributed by atoms with van der Waals surface area (Å²) in [4.78, 5) is 55.8. The van der Waals surface area contributed by atoms with Crippen molar-refractivity contribution >= 4 is 34.2 Å². The number of imidazole rings is 1. The molecule has 2 saturated carbocycles. The first-order valence-electron chi connectivity index (χ1n) is 18.9. The molecular weight excluding hydrogens is 741 g/mol. The van der Waals surface area contributed by atoms with Gasteiger partial charge in [0.2, 0.25) is 0 Å². The standard InChI is InChI=1S/C39H46F5N7O5/c1-48(18-6-20-56-19-5-8-25-7-3-10-31-35(25)49(2)38(55)51(31)30-17-16-27(52)21-32(30)53)22-24-12-14-26(15-13-24)50-23-29(34(47-50)36(40)41)46-37(54)28-9-4-11-33(45-28)39(42,43)44/h3-4,7,9-11,23-24,26,30,36H,5-6,8,12-22H2,1-2H3,(H,46,54). The van der Waals surface area contributed by atoms with Crippen molar-refractivity contribution in [3.8, 4) is 0 Å². The van der Waals surface area contributed by atoms with Crippen LogP contribution in [0.25, 0.3) is 11.0 Å². The van der Waals surface area contributed by atoms with E-state index >= 15 is 0 Å². The first-order valence-corrected chi connectivity index (χ1v) is 18.9. The number of pyridine rings is 1. The molecule has 0 aliphatic heterocycles. The molecule has 2 aliphatic carbocycles. The number of halogens is 5. The number of aromatic nitrogens is 5. The maximum absolute atomic E-state index is 13.9. The molecule has 2 aliphatic rings. The molecule has 0 bridgehead atoms. The van der Waals surface area contributed by atoms with E-state index in [1.807, 2.05) is 18.2 Å². The van der Waals surface area contributed by atoms with Gasteiger partial charge < -0.3 is 15.0 Å². The summed E-state index contributed by atoms with van der Waals surface area (Å²) in [5.41, 5.74) is -0.483. The molecule has 6 rings (SSSR count). The fourth-order valence-corrected chi connectivity index (χ4v) is 7.94. The Hall–Kier alpha value is -4.77. The van der Waals surface area contributed by atoms with Crippen LogP contribution in [0.2, 0.25) is 0 Å². The lowest BCUT2D eigenvalue weighted by atomic mass is 9.86. The number of Topliss-reactive ketones (excluding diaryl/α,β-unsaturated/α-hetero) is 2. The zero-order chi connectivity index (χ0) is 40.1. The molecule has 12 nitrogen and oxygen atoms in total. The maximum atomic E-state index is 13.9. The van der Waals surface area contributed by atoms with Crippen molar-refractivity contribution in [1.29, 1.82) is 0 Å². The second-order valence-corrected chi connectivity index (χ2v) is 14.8. The van der Waals surface area contributed by atoms with Gasteiger partial charge in [-0.2, -0.15) is 18.3 Å². The van der Waals surface area contributed by atoms with E-state index < -0.39 is 41.6 Å². The van der Waals surface area contributed by atoms with E-state index in [9.17, 15) is 41.1 Å². The van der Waals surface area contributed by atoms with Crippen LogP contribution in [-0.2, 0) is 34.0 Å². The average Bonchev–Trinajstić information content (AvgIpc) is 3.69. The van der Waals surface area contributed by atoms with Crippen molar-refractivity contribution < 1.29 is 41.1 Å². The van der Waals surface area contributed by atoms with E-state index in [2.05, 4.69) is 27.3 Å². The molecule has 3 heterocycles. The van der Waals surface area contributed by atoms with E-state index in [0.29, 0.717) is 56.8 Å². The number of amides is 1. The highest BCUT2D eigenvalue weighted by Crippen LogP contribution is 2.35. The number of aryl methyl sites for hydroxylation is 2. The lowest BCUT2D eigenvalue weighted by molar-refractivity contribution is -0.141. The number of hydrogen-bond acceptors (Lipinski definition) is 8. The number of para-hydroxylation sites is 1. The molecule has 17 heteroatoms. The van der Waals surface area contributed by atoms with Crippen LogP contribution in [0.3, 0.4) is 0 Å². The largest absolute Gasteiger partial charge is 0.433 e. The van der Waals surface area contributed by atoms with Crippen molar-refractivity contribution in [3.05, 3.63) is 75.7 Å². The molecule has 4 aromatic rings. The zero-order valence-electron chi connectivity index (χ0n) is 31.4. The molecular formula is C39H46F5N7O5. The minimum atomic E-state index is -4.76. The summed E-state index contributed by atoms with van der Waals surface area (Å²) >= 11 is 0. The van der Waals surface area contributed by atoms with Crippen LogP contribution >= 0.6 is 0 Å². The second-order valence-electron chi connectivity index (χ2n) is 14.8. The number of carbonyl (C=O) groups excluding carboxylic acids is 3. The Bertz CT molecular complexity index is 2100. The van der Waals surface area contributed by atoms with Crippen molar-refractivity contribution in [2.24, 2.45) is 13.0 Å². The van der Waals surface area contributed by atoms with Crippen LogP contribution in [0.4, 0.5) is 27.6 Å². The number of ether oxygens (including phenoxy) is 1. The molecule has 1 N–H and O–H groups in total. The number of anilines is 1. The average molecular weight is 788 g/mol. The summed E-state index contributed by atoms with van der Waals surface area (Å²) in [6.45, 7) is 2.84. The number of carbonyl (C=O) groups is 3. The first kappa shape index (κ1) is 40.9. The summed E-state index contributed by atoms with van der Waals surface area (Å²) in [5, 5.41) is 6.32. The second kappa shape index (κ2) is 17.6. The number of ketones is 2. The Balaban J connectivity index is 0.914. The molecule has 3 aromatic heterocycles. The molecule has 1 aromatic carbocycles. The van der Waals surface area contributed by atoms with Crippen molar-refractivity contribution in [2.45, 2.75) is 88.9 Å². The van der Waals surface area contributed by atoms with Gasteiger partial charge in [0.15, 0.2) is 11.5 Å². The third kappa shape index (κ3) is 9.42. The van der Waals surface area contributed by atoms with Gasteiger partial charge in [0.25, 0.3) is 12.3 Å². The minimum Gasteiger partial charge on any atom is -0.381 e. The monoisotopic (exact) mass is 787 g/mol. The highest BCUT2D eigenvalue weighted by atomic mass is 19.4. The summed E-state index contributed by atoms with van der Waals surface area (Å²) < 4.78 is 77.4. The zero-order valence-corrected chi connectivity index (χ0v) is 31.4. The lowest BCUT2D eigenvalue weighted by Gasteiger charge is -2.31. The van der Waals surface area contributed by atoms with Crippen LogP contribution in [-0.4, -0.2) is 79.6 Å². The maximum Gasteiger partial charge on any atom is 0.433 e. The van der Waals surface area contributed by atoms with Crippen molar-refractivity contribution in [1.82, 2.24) is 28.8 Å². The van der Waals surface area contributed by atoms with Crippen LogP contribution in [0.15, 0.2) is 47.4 Å². The third-order valence-electron chi connectivity index (χ3n) is 10.7. The number of nitrogens with zero attached hydrogens (tertiary/aromatic N) is 6. The van der Waals surface area contributed by atoms with Gasteiger partial charge >= 0.3 is 11.9 Å². The molecule has 0 radical (unpaired) electrons. The first-order chi connectivity index (χ1) is 26.7. The number of rotatable bonds is 15. The molecule has 2 fully saturated rings. The third-order valence-corrected chi connectivity index (χ3v) is 10.7. The van der Waals surface area contributed by atoms with Gasteiger partial charge in [-0.15, -0.1) is 0 Å². The van der Waals surface area contributed by atoms with E-state index in [-0.39, 0.29) is 35.4 Å². The molecule has 1 unspecified atom stereocenters. The molecule has 56 heavy (non-hydrogen) atoms. The minimum absolute atomic E-state index is 0.0839. The van der Waals surface area contributed by atoms with Gasteiger partial charge in [-0.05, 0) is 88.1 Å². The molecule has 1 atom stereocenters. The smallest absolute Gasteiger partial charge is 0.381 e. The van der Waals surface area contributed by atoms with Crippen molar-refractivity contribution in [2.75, 3.05) is 38.7 Å². The van der Waals surface area contributed by atoms with Gasteiger partial charge in [0, 0.05) is 46.0 Å². The Labute approximate surface area is 320 Å². The highest BCUT2D eigenvalue weighted by molar-refractivity contribution is 6.04. The fraction of sp³-hybridized carbons (Fsp3) is 0.538. The normalized spacial score (nSPS) is 19.4. The van der Waals surface area contributed by atoms with E-state index in [1.54, 1.807) is 16.2 Å². The summed E-state index contributed by atoms with van der Waals surface area (Å²) in [6.07, 6.45) is -0.566. The Morgan fingerprint density at radius 1 is 1.02 bits per heavy atom. The number of nitrogens with one attached hydrogen (secondary N) is 1. The van der Waals surface area contributed by atoms with Crippen LogP contribution in [0.1, 0.15) is 104 Å². The summed E-state index contributed by atoms with van der Waals surface area (Å²) in [5.74, 6) is -0.937.